The summed E-state index contributed by atoms with van der Waals surface area (Å²) in [4.78, 5) is 11.5. The summed E-state index contributed by atoms with van der Waals surface area (Å²) in [6, 6.07) is 0. The van der Waals surface area contributed by atoms with Crippen molar-refractivity contribution >= 4 is 23.3 Å². The van der Waals surface area contributed by atoms with Crippen molar-refractivity contribution in [2.45, 2.75) is 37.6 Å². The number of thiocarbonyl (C=S) groups is 1. The van der Waals surface area contributed by atoms with Crippen molar-refractivity contribution in [3.8, 4) is 0 Å². The Balaban J connectivity index is 2.70. The van der Waals surface area contributed by atoms with Gasteiger partial charge in [0.05, 0.1) is 17.6 Å². The molecular formula is C9H16N2O2S. The molecule has 80 valence electrons. The highest BCUT2D eigenvalue weighted by atomic mass is 32.1. The lowest BCUT2D eigenvalue weighted by Gasteiger charge is -2.36. The van der Waals surface area contributed by atoms with Crippen LogP contribution in [0.4, 0.5) is 4.79 Å². The SMILES string of the molecule is COC(=O)NC1(C(N)=S)CCCCC1. The van der Waals surface area contributed by atoms with Crippen LogP contribution >= 0.6 is 12.2 Å². The number of amides is 1. The lowest BCUT2D eigenvalue weighted by molar-refractivity contribution is 0.157. The minimum Gasteiger partial charge on any atom is -0.453 e. The largest absolute Gasteiger partial charge is 0.453 e. The van der Waals surface area contributed by atoms with E-state index in [9.17, 15) is 4.79 Å². The molecule has 0 radical (unpaired) electrons. The second kappa shape index (κ2) is 4.59. The first-order valence-electron chi connectivity index (χ1n) is 4.77. The van der Waals surface area contributed by atoms with Gasteiger partial charge < -0.3 is 15.8 Å². The summed E-state index contributed by atoms with van der Waals surface area (Å²) < 4.78 is 4.56. The van der Waals surface area contributed by atoms with Crippen molar-refractivity contribution in [3.05, 3.63) is 0 Å². The Morgan fingerprint density at radius 1 is 1.43 bits per heavy atom. The van der Waals surface area contributed by atoms with Crippen LogP contribution in [0.5, 0.6) is 0 Å². The van der Waals surface area contributed by atoms with Gasteiger partial charge in [-0.1, -0.05) is 31.5 Å². The fourth-order valence-corrected chi connectivity index (χ4v) is 2.09. The Kier molecular flexibility index (Phi) is 3.69. The van der Waals surface area contributed by atoms with E-state index in [-0.39, 0.29) is 0 Å². The van der Waals surface area contributed by atoms with Crippen LogP contribution < -0.4 is 11.1 Å². The maximum atomic E-state index is 11.1. The van der Waals surface area contributed by atoms with E-state index in [4.69, 9.17) is 18.0 Å². The fourth-order valence-electron chi connectivity index (χ4n) is 1.83. The summed E-state index contributed by atoms with van der Waals surface area (Å²) >= 11 is 5.00. The molecule has 0 aromatic rings. The first kappa shape index (κ1) is 11.2. The first-order valence-corrected chi connectivity index (χ1v) is 5.17. The summed E-state index contributed by atoms with van der Waals surface area (Å²) in [6.07, 6.45) is 4.43. The maximum Gasteiger partial charge on any atom is 0.407 e. The van der Waals surface area contributed by atoms with Crippen molar-refractivity contribution < 1.29 is 9.53 Å². The third kappa shape index (κ3) is 2.35. The smallest absolute Gasteiger partial charge is 0.407 e. The average Bonchev–Trinajstić information content (AvgIpc) is 2.19. The third-order valence-corrected chi connectivity index (χ3v) is 3.10. The molecular weight excluding hydrogens is 200 g/mol. The number of hydrogen-bond donors (Lipinski definition) is 2. The molecule has 0 aromatic heterocycles. The highest BCUT2D eigenvalue weighted by molar-refractivity contribution is 7.80. The Morgan fingerprint density at radius 2 is 2.00 bits per heavy atom. The number of alkyl carbamates (subject to hydrolysis) is 1. The van der Waals surface area contributed by atoms with E-state index in [1.807, 2.05) is 0 Å². The van der Waals surface area contributed by atoms with E-state index in [2.05, 4.69) is 10.1 Å². The van der Waals surface area contributed by atoms with Gasteiger partial charge in [-0.2, -0.15) is 0 Å². The van der Waals surface area contributed by atoms with Crippen LogP contribution in [0.15, 0.2) is 0 Å². The molecule has 1 saturated carbocycles. The van der Waals surface area contributed by atoms with Gasteiger partial charge in [0.15, 0.2) is 0 Å². The van der Waals surface area contributed by atoms with Crippen molar-refractivity contribution in [3.63, 3.8) is 0 Å². The van der Waals surface area contributed by atoms with Gasteiger partial charge in [0.1, 0.15) is 0 Å². The normalized spacial score (nSPS) is 19.8. The molecule has 1 aliphatic carbocycles. The predicted octanol–water partition coefficient (Wildman–Crippen LogP) is 1.33. The lowest BCUT2D eigenvalue weighted by atomic mass is 9.82. The van der Waals surface area contributed by atoms with Crippen LogP contribution in [0, 0.1) is 0 Å². The predicted molar refractivity (Wildman–Crippen MR) is 58.1 cm³/mol. The van der Waals surface area contributed by atoms with Crippen molar-refractivity contribution in [2.75, 3.05) is 7.11 Å². The molecule has 0 atom stereocenters. The van der Waals surface area contributed by atoms with Gasteiger partial charge in [-0.3, -0.25) is 0 Å². The molecule has 1 amide bonds. The number of nitrogens with one attached hydrogen (secondary N) is 1. The molecule has 5 heteroatoms. The van der Waals surface area contributed by atoms with Crippen molar-refractivity contribution in [1.29, 1.82) is 0 Å². The Labute approximate surface area is 89.2 Å². The number of methoxy groups -OCH3 is 1. The lowest BCUT2D eigenvalue weighted by Crippen LogP contribution is -2.57. The maximum absolute atomic E-state index is 11.1. The first-order chi connectivity index (χ1) is 6.60. The highest BCUT2D eigenvalue weighted by Gasteiger charge is 2.36. The molecule has 0 aliphatic heterocycles. The third-order valence-electron chi connectivity index (χ3n) is 2.71. The van der Waals surface area contributed by atoms with Crippen LogP contribution in [-0.2, 0) is 4.74 Å². The molecule has 0 aromatic carbocycles. The van der Waals surface area contributed by atoms with Gasteiger partial charge in [-0.05, 0) is 12.8 Å². The van der Waals surface area contributed by atoms with Gasteiger partial charge >= 0.3 is 6.09 Å². The van der Waals surface area contributed by atoms with Crippen LogP contribution in [0.1, 0.15) is 32.1 Å². The van der Waals surface area contributed by atoms with Crippen molar-refractivity contribution in [2.24, 2.45) is 5.73 Å². The summed E-state index contributed by atoms with van der Waals surface area (Å²) in [5.41, 5.74) is 5.15. The van der Waals surface area contributed by atoms with E-state index in [0.717, 1.165) is 25.7 Å². The second-order valence-electron chi connectivity index (χ2n) is 3.62. The summed E-state index contributed by atoms with van der Waals surface area (Å²) in [6.45, 7) is 0. The zero-order valence-corrected chi connectivity index (χ0v) is 9.15. The molecule has 4 nitrogen and oxygen atoms in total. The quantitative estimate of drug-likeness (QED) is 0.683. The molecule has 1 fully saturated rings. The molecule has 0 bridgehead atoms. The van der Waals surface area contributed by atoms with Crippen LogP contribution in [0.25, 0.3) is 0 Å². The zero-order chi connectivity index (χ0) is 10.6. The van der Waals surface area contributed by atoms with E-state index in [0.29, 0.717) is 4.99 Å². The summed E-state index contributed by atoms with van der Waals surface area (Å²) in [5.74, 6) is 0. The number of hydrogen-bond acceptors (Lipinski definition) is 3. The van der Waals surface area contributed by atoms with E-state index >= 15 is 0 Å². The number of carbonyl (C=O) groups is 1. The minimum atomic E-state index is -0.513. The molecule has 0 saturated heterocycles. The minimum absolute atomic E-state index is 0.364. The monoisotopic (exact) mass is 216 g/mol. The highest BCUT2D eigenvalue weighted by Crippen LogP contribution is 2.28. The molecule has 0 spiro atoms. The van der Waals surface area contributed by atoms with Gasteiger partial charge in [0, 0.05) is 0 Å². The number of rotatable bonds is 2. The van der Waals surface area contributed by atoms with E-state index in [1.54, 1.807) is 0 Å². The van der Waals surface area contributed by atoms with E-state index < -0.39 is 11.6 Å². The topological polar surface area (TPSA) is 64.3 Å². The molecule has 14 heavy (non-hydrogen) atoms. The summed E-state index contributed by atoms with van der Waals surface area (Å²) in [5, 5.41) is 2.75. The van der Waals surface area contributed by atoms with Crippen LogP contribution in [-0.4, -0.2) is 23.7 Å². The average molecular weight is 216 g/mol. The molecule has 1 rings (SSSR count). The van der Waals surface area contributed by atoms with Gasteiger partial charge in [0.25, 0.3) is 0 Å². The van der Waals surface area contributed by atoms with Gasteiger partial charge in [-0.25, -0.2) is 4.79 Å². The standard InChI is InChI=1S/C9H16N2O2S/c1-13-8(12)11-9(7(10)14)5-3-2-4-6-9/h2-6H2,1H3,(H2,10,14)(H,11,12). The van der Waals surface area contributed by atoms with Crippen molar-refractivity contribution in [1.82, 2.24) is 5.32 Å². The van der Waals surface area contributed by atoms with Gasteiger partial charge in [-0.15, -0.1) is 0 Å². The molecule has 3 N–H and O–H groups in total. The Morgan fingerprint density at radius 3 is 2.43 bits per heavy atom. The zero-order valence-electron chi connectivity index (χ0n) is 8.34. The van der Waals surface area contributed by atoms with Gasteiger partial charge in [0.2, 0.25) is 0 Å². The second-order valence-corrected chi connectivity index (χ2v) is 4.06. The Bertz CT molecular complexity index is 237. The number of nitrogens with two attached hydrogens (primary N) is 1. The fraction of sp³-hybridized carbons (Fsp3) is 0.778. The molecule has 1 aliphatic rings. The molecule has 0 unspecified atom stereocenters. The molecule has 0 heterocycles. The number of carbonyl (C=O) groups excluding carboxylic acids is 1. The number of ether oxygens (including phenoxy) is 1. The van der Waals surface area contributed by atoms with Crippen LogP contribution in [0.2, 0.25) is 0 Å². The summed E-state index contributed by atoms with van der Waals surface area (Å²) in [7, 11) is 1.34. The van der Waals surface area contributed by atoms with E-state index in [1.165, 1.54) is 13.5 Å². The van der Waals surface area contributed by atoms with Crippen LogP contribution in [0.3, 0.4) is 0 Å². The Hall–Kier alpha value is -0.840.